The van der Waals surface area contributed by atoms with E-state index in [2.05, 4.69) is 31.0 Å². The predicted molar refractivity (Wildman–Crippen MR) is 63.7 cm³/mol. The van der Waals surface area contributed by atoms with Crippen LogP contribution in [0.4, 0.5) is 5.82 Å². The second kappa shape index (κ2) is 4.44. The van der Waals surface area contributed by atoms with Crippen LogP contribution in [0.5, 0.6) is 0 Å². The minimum absolute atomic E-state index is 0.114. The van der Waals surface area contributed by atoms with Gasteiger partial charge in [0, 0.05) is 30.1 Å². The van der Waals surface area contributed by atoms with E-state index >= 15 is 0 Å². The van der Waals surface area contributed by atoms with Crippen molar-refractivity contribution in [2.45, 2.75) is 18.8 Å². The van der Waals surface area contributed by atoms with E-state index in [0.29, 0.717) is 11.7 Å². The Morgan fingerprint density at radius 1 is 1.33 bits per heavy atom. The van der Waals surface area contributed by atoms with Gasteiger partial charge in [-0.1, -0.05) is 0 Å². The van der Waals surface area contributed by atoms with Crippen LogP contribution < -0.4 is 10.9 Å². The van der Waals surface area contributed by atoms with Crippen LogP contribution in [0.15, 0.2) is 24.5 Å². The van der Waals surface area contributed by atoms with Gasteiger partial charge in [-0.15, -0.1) is 0 Å². The van der Waals surface area contributed by atoms with Gasteiger partial charge in [0.15, 0.2) is 5.82 Å². The number of hydrogen-bond donors (Lipinski definition) is 3. The van der Waals surface area contributed by atoms with E-state index in [9.17, 15) is 4.79 Å². The Bertz CT molecular complexity index is 548. The summed E-state index contributed by atoms with van der Waals surface area (Å²) in [6.07, 6.45) is 5.43. The fraction of sp³-hybridized carbons (Fsp3) is 0.273. The molecule has 2 heterocycles. The smallest absolute Gasteiger partial charge is 0.280 e. The molecule has 18 heavy (non-hydrogen) atoms. The lowest BCUT2D eigenvalue weighted by Gasteiger charge is -2.03. The van der Waals surface area contributed by atoms with Crippen LogP contribution in [-0.2, 0) is 0 Å². The summed E-state index contributed by atoms with van der Waals surface area (Å²) in [6.45, 7) is 0. The van der Waals surface area contributed by atoms with Crippen molar-refractivity contribution in [3.8, 4) is 0 Å². The summed E-state index contributed by atoms with van der Waals surface area (Å²) in [6, 6.07) is 3.55. The topological polar surface area (TPSA) is 95.6 Å². The van der Waals surface area contributed by atoms with Gasteiger partial charge < -0.3 is 0 Å². The zero-order valence-corrected chi connectivity index (χ0v) is 9.55. The maximum atomic E-state index is 11.6. The fourth-order valence-corrected chi connectivity index (χ4v) is 1.60. The zero-order valence-electron chi connectivity index (χ0n) is 9.55. The zero-order chi connectivity index (χ0) is 12.4. The second-order valence-corrected chi connectivity index (χ2v) is 4.13. The molecule has 2 aromatic rings. The SMILES string of the molecule is O=C(NNc1cc(C2CC2)[nH]n1)c1ncccn1. The number of amides is 1. The molecule has 0 aliphatic heterocycles. The van der Waals surface area contributed by atoms with Crippen LogP contribution in [-0.4, -0.2) is 26.1 Å². The largest absolute Gasteiger partial charge is 0.307 e. The Labute approximate surface area is 103 Å². The van der Waals surface area contributed by atoms with E-state index in [4.69, 9.17) is 0 Å². The lowest BCUT2D eigenvalue weighted by Crippen LogP contribution is -2.30. The molecular weight excluding hydrogens is 232 g/mol. The summed E-state index contributed by atoms with van der Waals surface area (Å²) >= 11 is 0. The van der Waals surface area contributed by atoms with Crippen molar-refractivity contribution in [1.29, 1.82) is 0 Å². The standard InChI is InChI=1S/C11H12N6O/c18-11(10-12-4-1-5-13-10)17-16-9-6-8(14-15-9)7-2-3-7/h1,4-7H,2-3H2,(H,17,18)(H2,14,15,16). The first-order chi connectivity index (χ1) is 8.83. The first-order valence-electron chi connectivity index (χ1n) is 5.71. The van der Waals surface area contributed by atoms with Crippen molar-refractivity contribution in [3.63, 3.8) is 0 Å². The molecule has 0 radical (unpaired) electrons. The molecule has 0 atom stereocenters. The highest BCUT2D eigenvalue weighted by molar-refractivity contribution is 5.90. The molecule has 1 aliphatic rings. The molecule has 3 rings (SSSR count). The minimum atomic E-state index is -0.397. The van der Waals surface area contributed by atoms with Crippen LogP contribution in [0.3, 0.4) is 0 Å². The van der Waals surface area contributed by atoms with Gasteiger partial charge >= 0.3 is 5.91 Å². The van der Waals surface area contributed by atoms with Crippen LogP contribution >= 0.6 is 0 Å². The van der Waals surface area contributed by atoms with Crippen LogP contribution in [0.2, 0.25) is 0 Å². The molecule has 0 saturated heterocycles. The van der Waals surface area contributed by atoms with E-state index in [1.165, 1.54) is 25.2 Å². The summed E-state index contributed by atoms with van der Waals surface area (Å²) in [5.41, 5.74) is 6.32. The van der Waals surface area contributed by atoms with Crippen molar-refractivity contribution in [3.05, 3.63) is 36.0 Å². The molecule has 7 heteroatoms. The van der Waals surface area contributed by atoms with E-state index < -0.39 is 5.91 Å². The molecule has 7 nitrogen and oxygen atoms in total. The Hall–Kier alpha value is -2.44. The molecule has 0 bridgehead atoms. The third-order valence-corrected chi connectivity index (χ3v) is 2.69. The van der Waals surface area contributed by atoms with Crippen molar-refractivity contribution >= 4 is 11.7 Å². The Balaban J connectivity index is 1.58. The first-order valence-corrected chi connectivity index (χ1v) is 5.71. The van der Waals surface area contributed by atoms with E-state index in [0.717, 1.165) is 5.69 Å². The Morgan fingerprint density at radius 2 is 2.11 bits per heavy atom. The maximum absolute atomic E-state index is 11.6. The highest BCUT2D eigenvalue weighted by Gasteiger charge is 2.25. The lowest BCUT2D eigenvalue weighted by molar-refractivity contribution is 0.0952. The number of aromatic amines is 1. The number of nitrogens with one attached hydrogen (secondary N) is 3. The molecule has 1 fully saturated rings. The molecule has 1 saturated carbocycles. The van der Waals surface area contributed by atoms with Crippen molar-refractivity contribution in [1.82, 2.24) is 25.6 Å². The average Bonchev–Trinajstić information content (AvgIpc) is 3.16. The summed E-state index contributed by atoms with van der Waals surface area (Å²) in [7, 11) is 0. The summed E-state index contributed by atoms with van der Waals surface area (Å²) in [5, 5.41) is 6.99. The normalized spacial score (nSPS) is 14.2. The molecule has 0 spiro atoms. The van der Waals surface area contributed by atoms with Crippen molar-refractivity contribution in [2.75, 3.05) is 5.43 Å². The van der Waals surface area contributed by atoms with E-state index in [-0.39, 0.29) is 5.82 Å². The van der Waals surface area contributed by atoms with Crippen LogP contribution in [0.25, 0.3) is 0 Å². The number of H-pyrrole nitrogens is 1. The third kappa shape index (κ3) is 2.29. The molecular formula is C11H12N6O. The summed E-state index contributed by atoms with van der Waals surface area (Å²) < 4.78 is 0. The van der Waals surface area contributed by atoms with Crippen LogP contribution in [0, 0.1) is 0 Å². The molecule has 92 valence electrons. The minimum Gasteiger partial charge on any atom is -0.280 e. The van der Waals surface area contributed by atoms with Gasteiger partial charge in [0.05, 0.1) is 0 Å². The van der Waals surface area contributed by atoms with Gasteiger partial charge in [0.1, 0.15) is 0 Å². The first kappa shape index (κ1) is 10.7. The Morgan fingerprint density at radius 3 is 2.83 bits per heavy atom. The van der Waals surface area contributed by atoms with Gasteiger partial charge in [-0.05, 0) is 18.9 Å². The third-order valence-electron chi connectivity index (χ3n) is 2.69. The second-order valence-electron chi connectivity index (χ2n) is 4.13. The molecule has 0 aromatic carbocycles. The maximum Gasteiger partial charge on any atom is 0.307 e. The van der Waals surface area contributed by atoms with Gasteiger partial charge in [-0.2, -0.15) is 5.10 Å². The molecule has 0 unspecified atom stereocenters. The number of aromatic nitrogens is 4. The molecule has 2 aromatic heterocycles. The molecule has 1 amide bonds. The quantitative estimate of drug-likeness (QED) is 0.692. The van der Waals surface area contributed by atoms with Gasteiger partial charge in [-0.25, -0.2) is 9.97 Å². The molecule has 1 aliphatic carbocycles. The number of carbonyl (C=O) groups excluding carboxylic acids is 1. The number of anilines is 1. The number of carbonyl (C=O) groups is 1. The lowest BCUT2D eigenvalue weighted by atomic mass is 10.3. The molecule has 3 N–H and O–H groups in total. The van der Waals surface area contributed by atoms with Gasteiger partial charge in [0.25, 0.3) is 0 Å². The highest BCUT2D eigenvalue weighted by atomic mass is 16.2. The van der Waals surface area contributed by atoms with Crippen molar-refractivity contribution < 1.29 is 4.79 Å². The van der Waals surface area contributed by atoms with Gasteiger partial charge in [-0.3, -0.25) is 20.7 Å². The van der Waals surface area contributed by atoms with E-state index in [1.807, 2.05) is 6.07 Å². The number of hydrazine groups is 1. The van der Waals surface area contributed by atoms with Crippen LogP contribution in [0.1, 0.15) is 35.1 Å². The number of hydrogen-bond acceptors (Lipinski definition) is 5. The monoisotopic (exact) mass is 244 g/mol. The van der Waals surface area contributed by atoms with Crippen molar-refractivity contribution in [2.24, 2.45) is 0 Å². The predicted octanol–water partition coefficient (Wildman–Crippen LogP) is 0.834. The Kier molecular flexibility index (Phi) is 2.64. The van der Waals surface area contributed by atoms with Gasteiger partial charge in [0.2, 0.25) is 5.82 Å². The fourth-order valence-electron chi connectivity index (χ4n) is 1.60. The number of rotatable bonds is 4. The average molecular weight is 244 g/mol. The summed E-state index contributed by atoms with van der Waals surface area (Å²) in [4.78, 5) is 19.3. The number of nitrogens with zero attached hydrogens (tertiary/aromatic N) is 3. The summed E-state index contributed by atoms with van der Waals surface area (Å²) in [5.74, 6) is 0.900. The highest BCUT2D eigenvalue weighted by Crippen LogP contribution is 2.39. The van der Waals surface area contributed by atoms with E-state index in [1.54, 1.807) is 6.07 Å².